The SMILES string of the molecule is O=C(CCc1nc2ccccc2c(=O)[nH]1)Nc1ccc(N2CCCC2)nc1. The third-order valence-corrected chi connectivity index (χ3v) is 4.71. The summed E-state index contributed by atoms with van der Waals surface area (Å²) in [5, 5.41) is 3.39. The van der Waals surface area contributed by atoms with Crippen LogP contribution in [0.1, 0.15) is 25.1 Å². The number of hydrogen-bond acceptors (Lipinski definition) is 5. The summed E-state index contributed by atoms with van der Waals surface area (Å²) in [6, 6.07) is 11.0. The summed E-state index contributed by atoms with van der Waals surface area (Å²) in [4.78, 5) is 38.1. The van der Waals surface area contributed by atoms with Crippen LogP contribution in [0.5, 0.6) is 0 Å². The maximum Gasteiger partial charge on any atom is 0.258 e. The summed E-state index contributed by atoms with van der Waals surface area (Å²) in [5.74, 6) is 1.32. The number of pyridine rings is 1. The third kappa shape index (κ3) is 3.97. The standard InChI is InChI=1S/C20H21N5O2/c26-19(22-14-7-9-18(21-13-14)25-11-3-4-12-25)10-8-17-23-16-6-2-1-5-15(16)20(27)24-17/h1-2,5-7,9,13H,3-4,8,10-12H2,(H,22,26)(H,23,24,27). The molecule has 1 saturated heterocycles. The van der Waals surface area contributed by atoms with E-state index in [2.05, 4.69) is 25.2 Å². The second kappa shape index (κ2) is 7.57. The number of carbonyl (C=O) groups is 1. The first-order valence-corrected chi connectivity index (χ1v) is 9.18. The Morgan fingerprint density at radius 1 is 1.15 bits per heavy atom. The Morgan fingerprint density at radius 2 is 1.96 bits per heavy atom. The van der Waals surface area contributed by atoms with Gasteiger partial charge in [0.25, 0.3) is 5.56 Å². The average Bonchev–Trinajstić information content (AvgIpc) is 3.22. The van der Waals surface area contributed by atoms with E-state index < -0.39 is 0 Å². The summed E-state index contributed by atoms with van der Waals surface area (Å²) >= 11 is 0. The molecule has 1 aromatic carbocycles. The van der Waals surface area contributed by atoms with Crippen LogP contribution in [-0.4, -0.2) is 33.9 Å². The number of H-pyrrole nitrogens is 1. The Kier molecular flexibility index (Phi) is 4.82. The molecule has 27 heavy (non-hydrogen) atoms. The number of fused-ring (bicyclic) bond motifs is 1. The number of carbonyl (C=O) groups excluding carboxylic acids is 1. The molecule has 1 aliphatic rings. The van der Waals surface area contributed by atoms with Crippen molar-refractivity contribution in [1.82, 2.24) is 15.0 Å². The minimum absolute atomic E-state index is 0.137. The molecule has 4 rings (SSSR count). The van der Waals surface area contributed by atoms with Crippen molar-refractivity contribution in [3.63, 3.8) is 0 Å². The van der Waals surface area contributed by atoms with Crippen LogP contribution in [0.4, 0.5) is 11.5 Å². The highest BCUT2D eigenvalue weighted by Gasteiger charge is 2.13. The molecule has 7 nitrogen and oxygen atoms in total. The van der Waals surface area contributed by atoms with Crippen molar-refractivity contribution in [3.05, 3.63) is 58.8 Å². The Morgan fingerprint density at radius 3 is 2.74 bits per heavy atom. The summed E-state index contributed by atoms with van der Waals surface area (Å²) in [6.45, 7) is 2.07. The quantitative estimate of drug-likeness (QED) is 0.727. The molecule has 0 bridgehead atoms. The summed E-state index contributed by atoms with van der Waals surface area (Å²) < 4.78 is 0. The van der Waals surface area contributed by atoms with Gasteiger partial charge in [0.15, 0.2) is 0 Å². The van der Waals surface area contributed by atoms with Gasteiger partial charge in [0.2, 0.25) is 5.91 Å². The highest BCUT2D eigenvalue weighted by Crippen LogP contribution is 2.19. The maximum atomic E-state index is 12.2. The zero-order valence-electron chi connectivity index (χ0n) is 14.9. The van der Waals surface area contributed by atoms with E-state index in [-0.39, 0.29) is 17.9 Å². The largest absolute Gasteiger partial charge is 0.357 e. The normalized spacial score (nSPS) is 13.9. The van der Waals surface area contributed by atoms with E-state index in [1.54, 1.807) is 24.4 Å². The Hall–Kier alpha value is -3.22. The zero-order valence-corrected chi connectivity index (χ0v) is 14.9. The molecule has 0 radical (unpaired) electrons. The van der Waals surface area contributed by atoms with Gasteiger partial charge < -0.3 is 15.2 Å². The maximum absolute atomic E-state index is 12.2. The highest BCUT2D eigenvalue weighted by molar-refractivity contribution is 5.90. The summed E-state index contributed by atoms with van der Waals surface area (Å²) in [5.41, 5.74) is 1.12. The zero-order chi connectivity index (χ0) is 18.6. The lowest BCUT2D eigenvalue weighted by molar-refractivity contribution is -0.116. The first kappa shape index (κ1) is 17.2. The molecular formula is C20H21N5O2. The molecule has 0 aliphatic carbocycles. The van der Waals surface area contributed by atoms with Gasteiger partial charge in [-0.3, -0.25) is 9.59 Å². The molecule has 0 atom stereocenters. The van der Waals surface area contributed by atoms with Crippen molar-refractivity contribution >= 4 is 28.3 Å². The first-order chi connectivity index (χ1) is 13.2. The van der Waals surface area contributed by atoms with Crippen LogP contribution in [0.3, 0.4) is 0 Å². The topological polar surface area (TPSA) is 91.0 Å². The molecule has 2 aromatic heterocycles. The smallest absolute Gasteiger partial charge is 0.258 e. The summed E-state index contributed by atoms with van der Waals surface area (Å²) in [7, 11) is 0. The number of aromatic nitrogens is 3. The van der Waals surface area contributed by atoms with Crippen LogP contribution in [0.25, 0.3) is 10.9 Å². The second-order valence-corrected chi connectivity index (χ2v) is 6.68. The number of aromatic amines is 1. The van der Waals surface area contributed by atoms with Gasteiger partial charge >= 0.3 is 0 Å². The molecular weight excluding hydrogens is 342 g/mol. The minimum Gasteiger partial charge on any atom is -0.357 e. The number of rotatable bonds is 5. The Balaban J connectivity index is 1.36. The van der Waals surface area contributed by atoms with Gasteiger partial charge in [-0.25, -0.2) is 9.97 Å². The average molecular weight is 363 g/mol. The van der Waals surface area contributed by atoms with Crippen LogP contribution in [0.15, 0.2) is 47.4 Å². The predicted molar refractivity (Wildman–Crippen MR) is 105 cm³/mol. The molecule has 1 aliphatic heterocycles. The lowest BCUT2D eigenvalue weighted by Crippen LogP contribution is -2.19. The lowest BCUT2D eigenvalue weighted by atomic mass is 10.2. The molecule has 0 spiro atoms. The predicted octanol–water partition coefficient (Wildman–Crippen LogP) is 2.49. The number of nitrogens with one attached hydrogen (secondary N) is 2. The molecule has 3 heterocycles. The van der Waals surface area contributed by atoms with E-state index in [1.165, 1.54) is 12.8 Å². The Labute approximate surface area is 156 Å². The molecule has 1 fully saturated rings. The monoisotopic (exact) mass is 363 g/mol. The van der Waals surface area contributed by atoms with Crippen molar-refractivity contribution in [1.29, 1.82) is 0 Å². The van der Waals surface area contributed by atoms with Crippen molar-refractivity contribution in [2.75, 3.05) is 23.3 Å². The number of para-hydroxylation sites is 1. The molecule has 0 saturated carbocycles. The molecule has 3 aromatic rings. The van der Waals surface area contributed by atoms with Gasteiger partial charge in [0, 0.05) is 25.9 Å². The number of amides is 1. The summed E-state index contributed by atoms with van der Waals surface area (Å²) in [6.07, 6.45) is 4.68. The highest BCUT2D eigenvalue weighted by atomic mass is 16.1. The van der Waals surface area contributed by atoms with Crippen LogP contribution in [0.2, 0.25) is 0 Å². The van der Waals surface area contributed by atoms with Gasteiger partial charge in [0.1, 0.15) is 11.6 Å². The fourth-order valence-electron chi connectivity index (χ4n) is 3.30. The fraction of sp³-hybridized carbons (Fsp3) is 0.300. The fourth-order valence-corrected chi connectivity index (χ4v) is 3.30. The molecule has 138 valence electrons. The van der Waals surface area contributed by atoms with Crippen molar-refractivity contribution < 1.29 is 4.79 Å². The van der Waals surface area contributed by atoms with E-state index in [9.17, 15) is 9.59 Å². The number of aryl methyl sites for hydroxylation is 1. The first-order valence-electron chi connectivity index (χ1n) is 9.18. The van der Waals surface area contributed by atoms with Crippen molar-refractivity contribution in [3.8, 4) is 0 Å². The Bertz CT molecular complexity index is 1010. The molecule has 2 N–H and O–H groups in total. The van der Waals surface area contributed by atoms with E-state index >= 15 is 0 Å². The molecule has 0 unspecified atom stereocenters. The van der Waals surface area contributed by atoms with Crippen molar-refractivity contribution in [2.45, 2.75) is 25.7 Å². The third-order valence-electron chi connectivity index (χ3n) is 4.71. The van der Waals surface area contributed by atoms with E-state index in [0.29, 0.717) is 28.8 Å². The lowest BCUT2D eigenvalue weighted by Gasteiger charge is -2.16. The van der Waals surface area contributed by atoms with Gasteiger partial charge in [0.05, 0.1) is 22.8 Å². The number of hydrogen-bond donors (Lipinski definition) is 2. The van der Waals surface area contributed by atoms with Gasteiger partial charge in [-0.15, -0.1) is 0 Å². The van der Waals surface area contributed by atoms with E-state index in [0.717, 1.165) is 18.9 Å². The number of anilines is 2. The number of benzene rings is 1. The van der Waals surface area contributed by atoms with Crippen LogP contribution in [-0.2, 0) is 11.2 Å². The second-order valence-electron chi connectivity index (χ2n) is 6.68. The van der Waals surface area contributed by atoms with E-state index in [4.69, 9.17) is 0 Å². The molecule has 1 amide bonds. The van der Waals surface area contributed by atoms with Crippen molar-refractivity contribution in [2.24, 2.45) is 0 Å². The van der Waals surface area contributed by atoms with E-state index in [1.807, 2.05) is 18.2 Å². The van der Waals surface area contributed by atoms with Gasteiger partial charge in [-0.1, -0.05) is 12.1 Å². The molecule has 7 heteroatoms. The van der Waals surface area contributed by atoms with Crippen LogP contribution >= 0.6 is 0 Å². The van der Waals surface area contributed by atoms with Crippen LogP contribution in [0, 0.1) is 0 Å². The van der Waals surface area contributed by atoms with Gasteiger partial charge in [-0.05, 0) is 37.1 Å². The number of nitrogens with zero attached hydrogens (tertiary/aromatic N) is 3. The van der Waals surface area contributed by atoms with Crippen LogP contribution < -0.4 is 15.8 Å². The minimum atomic E-state index is -0.183. The van der Waals surface area contributed by atoms with Gasteiger partial charge in [-0.2, -0.15) is 0 Å².